The van der Waals surface area contributed by atoms with E-state index in [1.165, 1.54) is 22.0 Å². The second-order valence-corrected chi connectivity index (χ2v) is 10.0. The van der Waals surface area contributed by atoms with Crippen LogP contribution < -0.4 is 5.56 Å². The zero-order valence-corrected chi connectivity index (χ0v) is 19.0. The van der Waals surface area contributed by atoms with E-state index in [0.29, 0.717) is 11.3 Å². The minimum atomic E-state index is -4.03. The van der Waals surface area contributed by atoms with Gasteiger partial charge in [-0.25, -0.2) is 8.42 Å². The van der Waals surface area contributed by atoms with Crippen molar-refractivity contribution in [2.24, 2.45) is 11.8 Å². The molecule has 4 atom stereocenters. The van der Waals surface area contributed by atoms with Crippen LogP contribution in [-0.4, -0.2) is 48.1 Å². The molecule has 0 saturated carbocycles. The Labute approximate surface area is 186 Å². The molecule has 0 spiro atoms. The number of pyridine rings is 1. The number of carbonyl (C=O) groups is 1. The summed E-state index contributed by atoms with van der Waals surface area (Å²) >= 11 is 0. The summed E-state index contributed by atoms with van der Waals surface area (Å²) in [7, 11) is -2.79. The van der Waals surface area contributed by atoms with Gasteiger partial charge < -0.3 is 14.4 Å². The number of esters is 1. The van der Waals surface area contributed by atoms with Crippen LogP contribution in [0.15, 0.2) is 52.2 Å². The van der Waals surface area contributed by atoms with Crippen molar-refractivity contribution in [3.8, 4) is 0 Å². The molecule has 0 unspecified atom stereocenters. The standard InChI is InChI=1S/C23H26N2O6S/c1-4-6-15-9-10-18-21-20(23(28)31-3)17(13-26)19(12-24(18)22(15)27)25(21)32(29,30)16-8-5-7-14(2)11-16/h4-11,17,19-21,26H,12-13H2,1-3H3/b6-4+/t17-,19-,20+,21+/m1/s1. The first-order valence-corrected chi connectivity index (χ1v) is 11.9. The lowest BCUT2D eigenvalue weighted by Crippen LogP contribution is -2.49. The number of methoxy groups -OCH3 is 1. The lowest BCUT2D eigenvalue weighted by Gasteiger charge is -2.37. The van der Waals surface area contributed by atoms with Crippen molar-refractivity contribution in [3.63, 3.8) is 0 Å². The summed E-state index contributed by atoms with van der Waals surface area (Å²) in [4.78, 5) is 26.0. The summed E-state index contributed by atoms with van der Waals surface area (Å²) in [6.45, 7) is 3.23. The van der Waals surface area contributed by atoms with Gasteiger partial charge in [0.05, 0.1) is 24.0 Å². The van der Waals surface area contributed by atoms with Crippen LogP contribution in [0.2, 0.25) is 0 Å². The normalized spacial score (nSPS) is 25.1. The first-order valence-electron chi connectivity index (χ1n) is 10.4. The summed E-state index contributed by atoms with van der Waals surface area (Å²) < 4.78 is 35.4. The van der Waals surface area contributed by atoms with Crippen LogP contribution in [0.3, 0.4) is 0 Å². The SMILES string of the molecule is C/C=C/c1ccc2n(c1=O)C[C@@H]1[C@@H](CO)[C@H](C(=O)OC)[C@H]2N1S(=O)(=O)c1cccc(C)c1. The molecular formula is C23H26N2O6S. The van der Waals surface area contributed by atoms with Crippen molar-refractivity contribution in [2.45, 2.75) is 37.4 Å². The molecule has 0 radical (unpaired) electrons. The van der Waals surface area contributed by atoms with Crippen LogP contribution in [-0.2, 0) is 26.1 Å². The van der Waals surface area contributed by atoms with Crippen molar-refractivity contribution in [1.29, 1.82) is 0 Å². The van der Waals surface area contributed by atoms with E-state index in [1.807, 2.05) is 0 Å². The first kappa shape index (κ1) is 22.4. The Kier molecular flexibility index (Phi) is 5.83. The maximum absolute atomic E-state index is 13.8. The number of aliphatic hydroxyl groups excluding tert-OH is 1. The molecule has 0 aliphatic carbocycles. The van der Waals surface area contributed by atoms with E-state index >= 15 is 0 Å². The largest absolute Gasteiger partial charge is 0.469 e. The predicted octanol–water partition coefficient (Wildman–Crippen LogP) is 1.72. The first-order chi connectivity index (χ1) is 15.3. The molecule has 170 valence electrons. The molecule has 8 nitrogen and oxygen atoms in total. The van der Waals surface area contributed by atoms with Gasteiger partial charge in [-0.15, -0.1) is 0 Å². The number of ether oxygens (including phenoxy) is 1. The number of nitrogens with zero attached hydrogens (tertiary/aromatic N) is 2. The molecule has 1 saturated heterocycles. The topological polar surface area (TPSA) is 106 Å². The number of aromatic nitrogens is 1. The number of hydrogen-bond acceptors (Lipinski definition) is 6. The minimum Gasteiger partial charge on any atom is -0.469 e. The van der Waals surface area contributed by atoms with Gasteiger partial charge in [-0.05, 0) is 43.7 Å². The van der Waals surface area contributed by atoms with E-state index in [4.69, 9.17) is 4.74 Å². The van der Waals surface area contributed by atoms with Crippen LogP contribution in [0.4, 0.5) is 0 Å². The Hall–Kier alpha value is -2.75. The Balaban J connectivity index is 1.96. The number of allylic oxidation sites excluding steroid dienone is 1. The van der Waals surface area contributed by atoms with E-state index in [9.17, 15) is 23.1 Å². The smallest absolute Gasteiger partial charge is 0.311 e. The van der Waals surface area contributed by atoms with Gasteiger partial charge in [0.25, 0.3) is 5.56 Å². The summed E-state index contributed by atoms with van der Waals surface area (Å²) in [5.41, 5.74) is 1.42. The average Bonchev–Trinajstić information content (AvgIpc) is 3.03. The summed E-state index contributed by atoms with van der Waals surface area (Å²) in [6.07, 6.45) is 3.44. The quantitative estimate of drug-likeness (QED) is 0.684. The highest BCUT2D eigenvalue weighted by Gasteiger charge is 2.60. The fraction of sp³-hybridized carbons (Fsp3) is 0.391. The third-order valence-electron chi connectivity index (χ3n) is 6.40. The summed E-state index contributed by atoms with van der Waals surface area (Å²) in [5, 5.41) is 10.2. The number of aliphatic hydroxyl groups is 1. The van der Waals surface area contributed by atoms with Crippen molar-refractivity contribution < 1.29 is 23.1 Å². The minimum absolute atomic E-state index is 0.0415. The number of fused-ring (bicyclic) bond motifs is 4. The summed E-state index contributed by atoms with van der Waals surface area (Å²) in [6, 6.07) is 8.14. The molecule has 4 rings (SSSR count). The van der Waals surface area contributed by atoms with Gasteiger partial charge in [0.15, 0.2) is 0 Å². The number of benzene rings is 1. The monoisotopic (exact) mass is 458 g/mol. The van der Waals surface area contributed by atoms with E-state index in [2.05, 4.69) is 0 Å². The Bertz CT molecular complexity index is 1250. The van der Waals surface area contributed by atoms with Crippen molar-refractivity contribution in [2.75, 3.05) is 13.7 Å². The Morgan fingerprint density at radius 1 is 1.28 bits per heavy atom. The van der Waals surface area contributed by atoms with Gasteiger partial charge in [-0.2, -0.15) is 4.31 Å². The fourth-order valence-electron chi connectivity index (χ4n) is 5.01. The highest BCUT2D eigenvalue weighted by atomic mass is 32.2. The van der Waals surface area contributed by atoms with E-state index in [-0.39, 0.29) is 17.0 Å². The number of hydrogen-bond donors (Lipinski definition) is 1. The van der Waals surface area contributed by atoms with E-state index in [1.54, 1.807) is 56.3 Å². The maximum atomic E-state index is 13.8. The molecule has 0 amide bonds. The zero-order chi connectivity index (χ0) is 23.2. The van der Waals surface area contributed by atoms with Crippen LogP contribution in [0.1, 0.15) is 29.8 Å². The zero-order valence-electron chi connectivity index (χ0n) is 18.1. The molecular weight excluding hydrogens is 432 g/mol. The third kappa shape index (κ3) is 3.32. The molecule has 2 aliphatic rings. The molecule has 3 heterocycles. The Morgan fingerprint density at radius 2 is 2.03 bits per heavy atom. The molecule has 2 aliphatic heterocycles. The van der Waals surface area contributed by atoms with Gasteiger partial charge in [0.2, 0.25) is 10.0 Å². The van der Waals surface area contributed by atoms with Crippen LogP contribution in [0.5, 0.6) is 0 Å². The average molecular weight is 459 g/mol. The van der Waals surface area contributed by atoms with Crippen molar-refractivity contribution >= 4 is 22.1 Å². The molecule has 1 aromatic heterocycles. The van der Waals surface area contributed by atoms with Gasteiger partial charge in [-0.3, -0.25) is 9.59 Å². The number of sulfonamides is 1. The molecule has 1 fully saturated rings. The highest BCUT2D eigenvalue weighted by molar-refractivity contribution is 7.89. The molecule has 2 bridgehead atoms. The van der Waals surface area contributed by atoms with Crippen molar-refractivity contribution in [3.05, 3.63) is 69.6 Å². The molecule has 1 aromatic carbocycles. The maximum Gasteiger partial charge on any atom is 0.311 e. The summed E-state index contributed by atoms with van der Waals surface area (Å²) in [5.74, 6) is -2.26. The fourth-order valence-corrected chi connectivity index (χ4v) is 6.95. The number of aryl methyl sites for hydroxylation is 1. The predicted molar refractivity (Wildman–Crippen MR) is 118 cm³/mol. The van der Waals surface area contributed by atoms with Gasteiger partial charge in [0, 0.05) is 36.4 Å². The van der Waals surface area contributed by atoms with E-state index < -0.39 is 46.5 Å². The van der Waals surface area contributed by atoms with Gasteiger partial charge >= 0.3 is 5.97 Å². The molecule has 32 heavy (non-hydrogen) atoms. The van der Waals surface area contributed by atoms with Crippen LogP contribution in [0, 0.1) is 18.8 Å². The Morgan fingerprint density at radius 3 is 2.66 bits per heavy atom. The number of rotatable bonds is 5. The lowest BCUT2D eigenvalue weighted by atomic mass is 9.87. The van der Waals surface area contributed by atoms with Gasteiger partial charge in [0.1, 0.15) is 0 Å². The third-order valence-corrected chi connectivity index (χ3v) is 8.30. The van der Waals surface area contributed by atoms with Crippen LogP contribution in [0.25, 0.3) is 6.08 Å². The van der Waals surface area contributed by atoms with E-state index in [0.717, 1.165) is 5.56 Å². The van der Waals surface area contributed by atoms with Crippen LogP contribution >= 0.6 is 0 Å². The molecule has 1 N–H and O–H groups in total. The van der Waals surface area contributed by atoms with Crippen molar-refractivity contribution in [1.82, 2.24) is 8.87 Å². The number of carbonyl (C=O) groups excluding carboxylic acids is 1. The molecule has 2 aromatic rings. The molecule has 9 heteroatoms. The second-order valence-electron chi connectivity index (χ2n) is 8.19. The highest BCUT2D eigenvalue weighted by Crippen LogP contribution is 2.51. The second kappa shape index (κ2) is 8.31. The lowest BCUT2D eigenvalue weighted by molar-refractivity contribution is -0.148. The van der Waals surface area contributed by atoms with Gasteiger partial charge in [-0.1, -0.05) is 24.3 Å².